The summed E-state index contributed by atoms with van der Waals surface area (Å²) in [5.41, 5.74) is 1.36. The molecule has 0 spiro atoms. The second-order valence-electron chi connectivity index (χ2n) is 3.15. The molecular formula is C11H15NO4. The lowest BCUT2D eigenvalue weighted by Gasteiger charge is -2.13. The Morgan fingerprint density at radius 1 is 1.31 bits per heavy atom. The normalized spacial score (nSPS) is 9.94. The SMILES string of the molecule is COc1cc(C=O)cc(CCON)c1OC. The maximum absolute atomic E-state index is 10.7. The van der Waals surface area contributed by atoms with Crippen molar-refractivity contribution >= 4 is 6.29 Å². The van der Waals surface area contributed by atoms with Gasteiger partial charge < -0.3 is 14.3 Å². The van der Waals surface area contributed by atoms with Gasteiger partial charge in [-0.3, -0.25) is 4.79 Å². The molecule has 0 unspecified atom stereocenters. The quantitative estimate of drug-likeness (QED) is 0.576. The molecule has 0 aliphatic rings. The van der Waals surface area contributed by atoms with Crippen molar-refractivity contribution in [1.82, 2.24) is 0 Å². The van der Waals surface area contributed by atoms with E-state index in [-0.39, 0.29) is 0 Å². The van der Waals surface area contributed by atoms with E-state index >= 15 is 0 Å². The first-order valence-electron chi connectivity index (χ1n) is 4.78. The van der Waals surface area contributed by atoms with Gasteiger partial charge in [0.2, 0.25) is 0 Å². The Balaban J connectivity index is 3.14. The molecule has 5 heteroatoms. The molecule has 1 aromatic rings. The van der Waals surface area contributed by atoms with Gasteiger partial charge in [-0.25, -0.2) is 5.90 Å². The van der Waals surface area contributed by atoms with E-state index < -0.39 is 0 Å². The second-order valence-corrected chi connectivity index (χ2v) is 3.15. The van der Waals surface area contributed by atoms with Gasteiger partial charge in [0.15, 0.2) is 11.5 Å². The van der Waals surface area contributed by atoms with E-state index in [1.165, 1.54) is 7.11 Å². The average Bonchev–Trinajstić information content (AvgIpc) is 2.34. The Hall–Kier alpha value is -1.59. The van der Waals surface area contributed by atoms with Crippen LogP contribution in [-0.4, -0.2) is 27.1 Å². The predicted octanol–water partition coefficient (Wildman–Crippen LogP) is 0.949. The number of hydrogen-bond donors (Lipinski definition) is 1. The van der Waals surface area contributed by atoms with Crippen LogP contribution in [0.15, 0.2) is 12.1 Å². The number of hydrogen-bond acceptors (Lipinski definition) is 5. The molecule has 0 heterocycles. The van der Waals surface area contributed by atoms with Gasteiger partial charge in [0, 0.05) is 17.5 Å². The van der Waals surface area contributed by atoms with E-state index in [9.17, 15) is 4.79 Å². The number of aldehydes is 1. The summed E-state index contributed by atoms with van der Waals surface area (Å²) in [5.74, 6) is 6.10. The minimum absolute atomic E-state index is 0.349. The standard InChI is InChI=1S/C11H15NO4/c1-14-10-6-8(7-13)5-9(3-4-16-12)11(10)15-2/h5-7H,3-4,12H2,1-2H3. The molecule has 0 radical (unpaired) electrons. The maximum Gasteiger partial charge on any atom is 0.164 e. The number of rotatable bonds is 6. The molecule has 0 aliphatic carbocycles. The number of methoxy groups -OCH3 is 2. The van der Waals surface area contributed by atoms with Crippen molar-refractivity contribution in [3.05, 3.63) is 23.3 Å². The highest BCUT2D eigenvalue weighted by Gasteiger charge is 2.11. The number of carbonyl (C=O) groups excluding carboxylic acids is 1. The number of benzene rings is 1. The zero-order chi connectivity index (χ0) is 12.0. The van der Waals surface area contributed by atoms with Crippen molar-refractivity contribution in [2.24, 2.45) is 5.90 Å². The van der Waals surface area contributed by atoms with E-state index in [2.05, 4.69) is 4.84 Å². The lowest BCUT2D eigenvalue weighted by atomic mass is 10.1. The molecule has 0 saturated carbocycles. The lowest BCUT2D eigenvalue weighted by molar-refractivity contribution is 0.112. The molecule has 0 atom stereocenters. The van der Waals surface area contributed by atoms with E-state index in [1.54, 1.807) is 19.2 Å². The third-order valence-corrected chi connectivity index (χ3v) is 2.20. The van der Waals surface area contributed by atoms with Crippen LogP contribution >= 0.6 is 0 Å². The Morgan fingerprint density at radius 3 is 2.56 bits per heavy atom. The van der Waals surface area contributed by atoms with E-state index in [0.717, 1.165) is 11.8 Å². The van der Waals surface area contributed by atoms with Crippen LogP contribution in [0.5, 0.6) is 11.5 Å². The Morgan fingerprint density at radius 2 is 2.06 bits per heavy atom. The van der Waals surface area contributed by atoms with Gasteiger partial charge in [-0.2, -0.15) is 0 Å². The highest BCUT2D eigenvalue weighted by Crippen LogP contribution is 2.32. The van der Waals surface area contributed by atoms with Crippen LogP contribution in [-0.2, 0) is 11.3 Å². The first kappa shape index (κ1) is 12.5. The van der Waals surface area contributed by atoms with Crippen molar-refractivity contribution in [3.63, 3.8) is 0 Å². The predicted molar refractivity (Wildman–Crippen MR) is 58.8 cm³/mol. The third-order valence-electron chi connectivity index (χ3n) is 2.20. The zero-order valence-electron chi connectivity index (χ0n) is 9.36. The topological polar surface area (TPSA) is 70.8 Å². The highest BCUT2D eigenvalue weighted by atomic mass is 16.6. The maximum atomic E-state index is 10.7. The van der Waals surface area contributed by atoms with Gasteiger partial charge in [-0.05, 0) is 12.1 Å². The van der Waals surface area contributed by atoms with Crippen LogP contribution in [0.3, 0.4) is 0 Å². The van der Waals surface area contributed by atoms with Crippen molar-refractivity contribution in [2.75, 3.05) is 20.8 Å². The van der Waals surface area contributed by atoms with Crippen LogP contribution in [0.4, 0.5) is 0 Å². The van der Waals surface area contributed by atoms with Crippen LogP contribution in [0, 0.1) is 0 Å². The zero-order valence-corrected chi connectivity index (χ0v) is 9.36. The largest absolute Gasteiger partial charge is 0.493 e. The molecule has 0 bridgehead atoms. The molecular weight excluding hydrogens is 210 g/mol. The van der Waals surface area contributed by atoms with Gasteiger partial charge in [0.05, 0.1) is 20.8 Å². The van der Waals surface area contributed by atoms with Crippen LogP contribution < -0.4 is 15.4 Å². The van der Waals surface area contributed by atoms with Gasteiger partial charge >= 0.3 is 0 Å². The molecule has 5 nitrogen and oxygen atoms in total. The summed E-state index contributed by atoms with van der Waals surface area (Å²) in [6.45, 7) is 0.349. The fraction of sp³-hybridized carbons (Fsp3) is 0.364. The van der Waals surface area contributed by atoms with Crippen molar-refractivity contribution in [1.29, 1.82) is 0 Å². The van der Waals surface area contributed by atoms with Gasteiger partial charge in [-0.15, -0.1) is 0 Å². The molecule has 1 aromatic carbocycles. The summed E-state index contributed by atoms with van der Waals surface area (Å²) in [7, 11) is 3.07. The minimum Gasteiger partial charge on any atom is -0.493 e. The summed E-state index contributed by atoms with van der Waals surface area (Å²) in [6, 6.07) is 3.35. The van der Waals surface area contributed by atoms with Gasteiger partial charge in [0.25, 0.3) is 0 Å². The van der Waals surface area contributed by atoms with E-state index in [4.69, 9.17) is 15.4 Å². The molecule has 0 aliphatic heterocycles. The summed E-state index contributed by atoms with van der Waals surface area (Å²) in [5, 5.41) is 0. The van der Waals surface area contributed by atoms with Gasteiger partial charge in [-0.1, -0.05) is 0 Å². The van der Waals surface area contributed by atoms with Crippen LogP contribution in [0.2, 0.25) is 0 Å². The molecule has 0 saturated heterocycles. The monoisotopic (exact) mass is 225 g/mol. The first-order valence-corrected chi connectivity index (χ1v) is 4.78. The highest BCUT2D eigenvalue weighted by molar-refractivity contribution is 5.77. The molecule has 88 valence electrons. The summed E-state index contributed by atoms with van der Waals surface area (Å²) >= 11 is 0. The average molecular weight is 225 g/mol. The van der Waals surface area contributed by atoms with Crippen molar-refractivity contribution < 1.29 is 19.1 Å². The number of carbonyl (C=O) groups is 1. The molecule has 0 aromatic heterocycles. The van der Waals surface area contributed by atoms with E-state index in [1.807, 2.05) is 0 Å². The van der Waals surface area contributed by atoms with Crippen molar-refractivity contribution in [3.8, 4) is 11.5 Å². The van der Waals surface area contributed by atoms with Crippen LogP contribution in [0.1, 0.15) is 15.9 Å². The number of nitrogens with two attached hydrogens (primary N) is 1. The minimum atomic E-state index is 0.349. The summed E-state index contributed by atoms with van der Waals surface area (Å²) in [6.07, 6.45) is 1.31. The number of ether oxygens (including phenoxy) is 2. The van der Waals surface area contributed by atoms with Crippen molar-refractivity contribution in [2.45, 2.75) is 6.42 Å². The Kier molecular flexibility index (Phi) is 4.75. The molecule has 16 heavy (non-hydrogen) atoms. The Bertz CT molecular complexity index is 365. The molecule has 0 amide bonds. The smallest absolute Gasteiger partial charge is 0.164 e. The van der Waals surface area contributed by atoms with Crippen LogP contribution in [0.25, 0.3) is 0 Å². The fourth-order valence-corrected chi connectivity index (χ4v) is 1.49. The second kappa shape index (κ2) is 6.09. The molecule has 0 fully saturated rings. The van der Waals surface area contributed by atoms with Gasteiger partial charge in [0.1, 0.15) is 6.29 Å². The lowest BCUT2D eigenvalue weighted by Crippen LogP contribution is -2.06. The molecule has 1 rings (SSSR count). The fourth-order valence-electron chi connectivity index (χ4n) is 1.49. The Labute approximate surface area is 94.1 Å². The summed E-state index contributed by atoms with van der Waals surface area (Å²) in [4.78, 5) is 15.3. The third kappa shape index (κ3) is 2.71. The van der Waals surface area contributed by atoms with E-state index in [0.29, 0.717) is 30.1 Å². The summed E-state index contributed by atoms with van der Waals surface area (Å²) < 4.78 is 10.4. The molecule has 2 N–H and O–H groups in total. The first-order chi connectivity index (χ1) is 7.76.